The number of carbonyl (C=O) groups is 3. The van der Waals surface area contributed by atoms with Crippen LogP contribution in [0, 0.1) is 3.57 Å². The zero-order valence-corrected chi connectivity index (χ0v) is 23.8. The molecule has 0 unspecified atom stereocenters. The molecule has 1 N–H and O–H groups in total. The van der Waals surface area contributed by atoms with Gasteiger partial charge in [-0.2, -0.15) is 0 Å². The second kappa shape index (κ2) is 12.2. The van der Waals surface area contributed by atoms with E-state index in [0.29, 0.717) is 32.8 Å². The molecule has 0 atom stereocenters. The van der Waals surface area contributed by atoms with Crippen LogP contribution in [0.2, 0.25) is 10.0 Å². The second-order valence-corrected chi connectivity index (χ2v) is 10.7. The van der Waals surface area contributed by atoms with Crippen LogP contribution in [-0.4, -0.2) is 35.6 Å². The number of hydrogen-bond acceptors (Lipinski definition) is 6. The number of ether oxygens (including phenoxy) is 2. The maximum atomic E-state index is 12.9. The van der Waals surface area contributed by atoms with Crippen LogP contribution in [0.3, 0.4) is 0 Å². The molecule has 1 fully saturated rings. The maximum Gasteiger partial charge on any atom is 0.294 e. The molecule has 0 bridgehead atoms. The van der Waals surface area contributed by atoms with Crippen molar-refractivity contribution in [1.82, 2.24) is 4.90 Å². The van der Waals surface area contributed by atoms with Gasteiger partial charge in [-0.1, -0.05) is 53.5 Å². The largest absolute Gasteiger partial charge is 0.493 e. The number of benzene rings is 3. The fourth-order valence-electron chi connectivity index (χ4n) is 3.41. The minimum atomic E-state index is -0.558. The van der Waals surface area contributed by atoms with Crippen LogP contribution < -0.4 is 14.8 Å². The molecule has 1 saturated heterocycles. The average molecular weight is 669 g/mol. The van der Waals surface area contributed by atoms with Gasteiger partial charge in [0, 0.05) is 10.6 Å². The number of nitrogens with zero attached hydrogens (tertiary/aromatic N) is 1. The molecule has 1 aliphatic heterocycles. The Morgan fingerprint density at radius 3 is 2.49 bits per heavy atom. The first kappa shape index (κ1) is 27.3. The van der Waals surface area contributed by atoms with Crippen molar-refractivity contribution >= 4 is 86.4 Å². The molecule has 0 aromatic heterocycles. The quantitative estimate of drug-likeness (QED) is 0.209. The van der Waals surface area contributed by atoms with Crippen LogP contribution in [0.1, 0.15) is 11.1 Å². The van der Waals surface area contributed by atoms with Gasteiger partial charge < -0.3 is 14.8 Å². The Kier molecular flexibility index (Phi) is 9.01. The fraction of sp³-hybridized carbons (Fsp3) is 0.115. The Balaban J connectivity index is 1.48. The highest BCUT2D eigenvalue weighted by molar-refractivity contribution is 14.1. The summed E-state index contributed by atoms with van der Waals surface area (Å²) in [5, 5.41) is 3.03. The number of para-hydroxylation sites is 1. The van der Waals surface area contributed by atoms with Gasteiger partial charge in [0.25, 0.3) is 11.1 Å². The van der Waals surface area contributed by atoms with Crippen LogP contribution in [-0.2, 0) is 16.2 Å². The Morgan fingerprint density at radius 1 is 1.08 bits per heavy atom. The van der Waals surface area contributed by atoms with Gasteiger partial charge in [0.15, 0.2) is 11.5 Å². The first-order valence-corrected chi connectivity index (χ1v) is 13.5. The standard InChI is InChI=1S/C26H19Cl2IN2O5S/c1-35-21-11-15(10-19(29)24(21)36-14-16-6-2-3-7-17(16)27)12-22-25(33)31(26(34)37-22)13-23(32)30-20-9-5-4-8-18(20)28/h2-12H,13-14H2,1H3,(H,30,32)/b22-12+. The summed E-state index contributed by atoms with van der Waals surface area (Å²) >= 11 is 15.2. The van der Waals surface area contributed by atoms with E-state index in [1.165, 1.54) is 7.11 Å². The number of anilines is 1. The summed E-state index contributed by atoms with van der Waals surface area (Å²) in [6.07, 6.45) is 1.58. The summed E-state index contributed by atoms with van der Waals surface area (Å²) in [6.45, 7) is -0.177. The molecule has 1 aliphatic rings. The minimum absolute atomic E-state index is 0.193. The lowest BCUT2D eigenvalue weighted by Crippen LogP contribution is -2.36. The molecular formula is C26H19Cl2IN2O5S. The fourth-order valence-corrected chi connectivity index (χ4v) is 5.40. The molecule has 0 aliphatic carbocycles. The number of carbonyl (C=O) groups excluding carboxylic acids is 3. The van der Waals surface area contributed by atoms with E-state index in [-0.39, 0.29) is 11.5 Å². The maximum absolute atomic E-state index is 12.9. The van der Waals surface area contributed by atoms with E-state index in [0.717, 1.165) is 25.8 Å². The molecule has 11 heteroatoms. The number of methoxy groups -OCH3 is 1. The zero-order valence-electron chi connectivity index (χ0n) is 19.3. The lowest BCUT2D eigenvalue weighted by Gasteiger charge is -2.14. The van der Waals surface area contributed by atoms with Crippen LogP contribution in [0.5, 0.6) is 11.5 Å². The highest BCUT2D eigenvalue weighted by Crippen LogP contribution is 2.38. The molecule has 1 heterocycles. The third kappa shape index (κ3) is 6.59. The Hall–Kier alpha value is -2.73. The van der Waals surface area contributed by atoms with E-state index in [4.69, 9.17) is 32.7 Å². The zero-order chi connectivity index (χ0) is 26.5. The third-order valence-corrected chi connectivity index (χ3v) is 7.61. The summed E-state index contributed by atoms with van der Waals surface area (Å²) in [7, 11) is 1.52. The molecule has 0 saturated carbocycles. The van der Waals surface area contributed by atoms with Gasteiger partial charge in [0.05, 0.1) is 26.3 Å². The van der Waals surface area contributed by atoms with E-state index in [1.54, 1.807) is 42.5 Å². The summed E-state index contributed by atoms with van der Waals surface area (Å²) in [5.74, 6) is -0.0988. The van der Waals surface area contributed by atoms with Crippen molar-refractivity contribution in [2.24, 2.45) is 0 Å². The molecule has 7 nitrogen and oxygen atoms in total. The van der Waals surface area contributed by atoms with Gasteiger partial charge in [0.1, 0.15) is 13.2 Å². The normalized spacial score (nSPS) is 14.3. The van der Waals surface area contributed by atoms with Crippen LogP contribution in [0.4, 0.5) is 10.5 Å². The van der Waals surface area contributed by atoms with Gasteiger partial charge in [-0.25, -0.2) is 0 Å². The number of nitrogens with one attached hydrogen (secondary N) is 1. The highest BCUT2D eigenvalue weighted by Gasteiger charge is 2.36. The van der Waals surface area contributed by atoms with Crippen LogP contribution in [0.25, 0.3) is 6.08 Å². The number of rotatable bonds is 8. The van der Waals surface area contributed by atoms with E-state index in [9.17, 15) is 14.4 Å². The molecular weight excluding hydrogens is 650 g/mol. The SMILES string of the molecule is COc1cc(/C=C2/SC(=O)N(CC(=O)Nc3ccccc3Cl)C2=O)cc(I)c1OCc1ccccc1Cl. The van der Waals surface area contributed by atoms with Crippen LogP contribution in [0.15, 0.2) is 65.6 Å². The Labute approximate surface area is 241 Å². The molecule has 190 valence electrons. The minimum Gasteiger partial charge on any atom is -0.493 e. The van der Waals surface area contributed by atoms with E-state index < -0.39 is 23.6 Å². The van der Waals surface area contributed by atoms with E-state index in [1.807, 2.05) is 24.3 Å². The highest BCUT2D eigenvalue weighted by atomic mass is 127. The van der Waals surface area contributed by atoms with Gasteiger partial charge in [-0.15, -0.1) is 0 Å². The van der Waals surface area contributed by atoms with Gasteiger partial charge in [0.2, 0.25) is 5.91 Å². The smallest absolute Gasteiger partial charge is 0.294 e. The molecule has 37 heavy (non-hydrogen) atoms. The predicted molar refractivity (Wildman–Crippen MR) is 154 cm³/mol. The van der Waals surface area contributed by atoms with Crippen molar-refractivity contribution in [3.63, 3.8) is 0 Å². The van der Waals surface area contributed by atoms with Crippen molar-refractivity contribution in [1.29, 1.82) is 0 Å². The summed E-state index contributed by atoms with van der Waals surface area (Å²) in [6, 6.07) is 17.6. The third-order valence-electron chi connectivity index (χ3n) is 5.20. The van der Waals surface area contributed by atoms with Crippen LogP contribution >= 0.6 is 57.6 Å². The topological polar surface area (TPSA) is 84.9 Å². The predicted octanol–water partition coefficient (Wildman–Crippen LogP) is 6.86. The Morgan fingerprint density at radius 2 is 1.78 bits per heavy atom. The van der Waals surface area contributed by atoms with Crippen molar-refractivity contribution in [3.05, 3.63) is 90.3 Å². The number of halogens is 3. The second-order valence-electron chi connectivity index (χ2n) is 7.71. The van der Waals surface area contributed by atoms with Gasteiger partial charge in [-0.05, 0) is 76.3 Å². The lowest BCUT2D eigenvalue weighted by atomic mass is 10.1. The number of thioether (sulfide) groups is 1. The van der Waals surface area contributed by atoms with Crippen molar-refractivity contribution in [2.75, 3.05) is 19.0 Å². The van der Waals surface area contributed by atoms with Crippen molar-refractivity contribution < 1.29 is 23.9 Å². The van der Waals surface area contributed by atoms with Crippen molar-refractivity contribution in [3.8, 4) is 11.5 Å². The number of hydrogen-bond donors (Lipinski definition) is 1. The molecule has 3 aromatic carbocycles. The molecule has 0 radical (unpaired) electrons. The summed E-state index contributed by atoms with van der Waals surface area (Å²) < 4.78 is 12.2. The number of imide groups is 1. The van der Waals surface area contributed by atoms with Gasteiger partial charge in [-0.3, -0.25) is 19.3 Å². The van der Waals surface area contributed by atoms with E-state index >= 15 is 0 Å². The number of amides is 3. The summed E-state index contributed by atoms with van der Waals surface area (Å²) in [5.41, 5.74) is 1.87. The van der Waals surface area contributed by atoms with Gasteiger partial charge >= 0.3 is 0 Å². The summed E-state index contributed by atoms with van der Waals surface area (Å²) in [4.78, 5) is 38.9. The molecule has 0 spiro atoms. The average Bonchev–Trinajstić information content (AvgIpc) is 3.12. The van der Waals surface area contributed by atoms with Crippen molar-refractivity contribution in [2.45, 2.75) is 6.61 Å². The first-order valence-electron chi connectivity index (χ1n) is 10.8. The lowest BCUT2D eigenvalue weighted by molar-refractivity contribution is -0.127. The first-order chi connectivity index (χ1) is 17.8. The molecule has 3 amide bonds. The molecule has 4 rings (SSSR count). The monoisotopic (exact) mass is 668 g/mol. The molecule has 3 aromatic rings. The Bertz CT molecular complexity index is 1420. The van der Waals surface area contributed by atoms with E-state index in [2.05, 4.69) is 27.9 Å².